The van der Waals surface area contributed by atoms with Crippen molar-refractivity contribution in [2.24, 2.45) is 5.92 Å². The highest BCUT2D eigenvalue weighted by atomic mass is 16.7. The number of urea groups is 1. The first-order chi connectivity index (χ1) is 12.5. The van der Waals surface area contributed by atoms with Crippen LogP contribution in [0.15, 0.2) is 18.2 Å². The summed E-state index contributed by atoms with van der Waals surface area (Å²) in [6.45, 7) is 1.66. The Labute approximate surface area is 150 Å². The number of nitrogens with one attached hydrogen (secondary N) is 1. The summed E-state index contributed by atoms with van der Waals surface area (Å²) in [4.78, 5) is 38.3. The fourth-order valence-corrected chi connectivity index (χ4v) is 3.87. The van der Waals surface area contributed by atoms with E-state index in [2.05, 4.69) is 5.32 Å². The molecule has 1 aromatic rings. The third kappa shape index (κ3) is 2.65. The van der Waals surface area contributed by atoms with E-state index in [1.165, 1.54) is 6.07 Å². The number of imide groups is 1. The first kappa shape index (κ1) is 16.7. The molecule has 2 unspecified atom stereocenters. The molecule has 0 radical (unpaired) electrons. The topological polar surface area (TPSA) is 94.2 Å². The number of amides is 3. The van der Waals surface area contributed by atoms with E-state index in [0.717, 1.165) is 24.2 Å². The van der Waals surface area contributed by atoms with Crippen molar-refractivity contribution in [3.05, 3.63) is 18.2 Å². The summed E-state index contributed by atoms with van der Waals surface area (Å²) in [6, 6.07) is 4.21. The summed E-state index contributed by atoms with van der Waals surface area (Å²) in [5.41, 5.74) is -0.881. The second-order valence-electron chi connectivity index (χ2n) is 6.93. The molecule has 1 saturated carbocycles. The molecule has 1 N–H and O–H groups in total. The second-order valence-corrected chi connectivity index (χ2v) is 6.93. The van der Waals surface area contributed by atoms with Gasteiger partial charge in [0.1, 0.15) is 17.8 Å². The molecule has 0 aromatic heterocycles. The van der Waals surface area contributed by atoms with Gasteiger partial charge in [0, 0.05) is 6.07 Å². The first-order valence-corrected chi connectivity index (χ1v) is 8.74. The van der Waals surface area contributed by atoms with Crippen molar-refractivity contribution in [1.82, 2.24) is 10.2 Å². The van der Waals surface area contributed by atoms with Gasteiger partial charge in [-0.05, 0) is 30.9 Å². The van der Waals surface area contributed by atoms with Crippen molar-refractivity contribution >= 4 is 17.9 Å². The van der Waals surface area contributed by atoms with Crippen LogP contribution in [-0.4, -0.2) is 41.7 Å². The van der Waals surface area contributed by atoms with Crippen LogP contribution in [0.5, 0.6) is 17.2 Å². The second kappa shape index (κ2) is 6.19. The Bertz CT molecular complexity index is 779. The van der Waals surface area contributed by atoms with Gasteiger partial charge in [-0.15, -0.1) is 0 Å². The minimum Gasteiger partial charge on any atom is -0.454 e. The van der Waals surface area contributed by atoms with Gasteiger partial charge in [-0.25, -0.2) is 9.59 Å². The molecule has 2 atom stereocenters. The van der Waals surface area contributed by atoms with Gasteiger partial charge in [0.05, 0.1) is 0 Å². The highest BCUT2D eigenvalue weighted by molar-refractivity contribution is 6.09. The summed E-state index contributed by atoms with van der Waals surface area (Å²) in [6.07, 6.45) is 3.40. The van der Waals surface area contributed by atoms with Crippen LogP contribution in [0.4, 0.5) is 4.79 Å². The molecule has 1 spiro atoms. The zero-order valence-electron chi connectivity index (χ0n) is 14.4. The minimum atomic E-state index is -0.881. The van der Waals surface area contributed by atoms with Crippen molar-refractivity contribution in [1.29, 1.82) is 0 Å². The highest BCUT2D eigenvalue weighted by Gasteiger charge is 2.55. The molecule has 2 fully saturated rings. The first-order valence-electron chi connectivity index (χ1n) is 8.74. The zero-order valence-corrected chi connectivity index (χ0v) is 14.4. The van der Waals surface area contributed by atoms with E-state index in [9.17, 15) is 14.4 Å². The van der Waals surface area contributed by atoms with Crippen LogP contribution in [0.3, 0.4) is 0 Å². The number of benzene rings is 1. The molecule has 26 heavy (non-hydrogen) atoms. The van der Waals surface area contributed by atoms with Gasteiger partial charge >= 0.3 is 12.0 Å². The van der Waals surface area contributed by atoms with E-state index in [0.29, 0.717) is 17.9 Å². The molecule has 4 rings (SSSR count). The van der Waals surface area contributed by atoms with Gasteiger partial charge in [-0.2, -0.15) is 0 Å². The average Bonchev–Trinajstić information content (AvgIpc) is 3.16. The number of nitrogens with zero attached hydrogens (tertiary/aromatic N) is 1. The largest absolute Gasteiger partial charge is 0.454 e. The van der Waals surface area contributed by atoms with Gasteiger partial charge in [-0.1, -0.05) is 19.8 Å². The monoisotopic (exact) mass is 360 g/mol. The summed E-state index contributed by atoms with van der Waals surface area (Å²) in [5, 5.41) is 2.82. The highest BCUT2D eigenvalue weighted by Crippen LogP contribution is 2.38. The average molecular weight is 360 g/mol. The number of hydrogen-bond acceptors (Lipinski definition) is 6. The Kier molecular flexibility index (Phi) is 3.97. The number of hydrogen-bond donors (Lipinski definition) is 1. The maximum absolute atomic E-state index is 12.8. The lowest BCUT2D eigenvalue weighted by Gasteiger charge is -2.36. The molecule has 1 aromatic carbocycles. The van der Waals surface area contributed by atoms with Gasteiger partial charge < -0.3 is 19.5 Å². The Morgan fingerprint density at radius 1 is 1.31 bits per heavy atom. The van der Waals surface area contributed by atoms with E-state index in [4.69, 9.17) is 14.2 Å². The van der Waals surface area contributed by atoms with Gasteiger partial charge in [-0.3, -0.25) is 9.69 Å². The number of esters is 1. The van der Waals surface area contributed by atoms with Crippen LogP contribution >= 0.6 is 0 Å². The van der Waals surface area contributed by atoms with Crippen LogP contribution in [0.1, 0.15) is 32.6 Å². The smallest absolute Gasteiger partial charge is 0.331 e. The lowest BCUT2D eigenvalue weighted by molar-refractivity contribution is -0.142. The van der Waals surface area contributed by atoms with E-state index < -0.39 is 24.1 Å². The minimum absolute atomic E-state index is 0.0441. The molecule has 2 heterocycles. The summed E-state index contributed by atoms with van der Waals surface area (Å²) < 4.78 is 15.7. The van der Waals surface area contributed by atoms with Crippen LogP contribution < -0.4 is 19.5 Å². The fraction of sp³-hybridized carbons (Fsp3) is 0.500. The lowest BCUT2D eigenvalue weighted by atomic mass is 9.73. The molecule has 138 valence electrons. The van der Waals surface area contributed by atoms with Crippen molar-refractivity contribution in [2.75, 3.05) is 13.3 Å². The quantitative estimate of drug-likeness (QED) is 0.502. The molecular formula is C18H20N2O6. The number of carbonyl (C=O) groups is 3. The third-order valence-electron chi connectivity index (χ3n) is 5.36. The van der Waals surface area contributed by atoms with Crippen LogP contribution in [0, 0.1) is 5.92 Å². The molecule has 3 aliphatic rings. The summed E-state index contributed by atoms with van der Waals surface area (Å²) in [7, 11) is 0. The third-order valence-corrected chi connectivity index (χ3v) is 5.36. The van der Waals surface area contributed by atoms with Gasteiger partial charge in [0.2, 0.25) is 6.79 Å². The Morgan fingerprint density at radius 2 is 2.12 bits per heavy atom. The Balaban J connectivity index is 1.44. The molecule has 8 heteroatoms. The number of ether oxygens (including phenoxy) is 3. The maximum atomic E-state index is 12.8. The van der Waals surface area contributed by atoms with E-state index in [-0.39, 0.29) is 24.4 Å². The maximum Gasteiger partial charge on any atom is 0.331 e. The van der Waals surface area contributed by atoms with Crippen LogP contribution in [0.2, 0.25) is 0 Å². The van der Waals surface area contributed by atoms with Crippen LogP contribution in [0.25, 0.3) is 0 Å². The van der Waals surface area contributed by atoms with Gasteiger partial charge in [0.15, 0.2) is 11.5 Å². The molecular weight excluding hydrogens is 340 g/mol. The van der Waals surface area contributed by atoms with E-state index in [1.54, 1.807) is 12.1 Å². The fourth-order valence-electron chi connectivity index (χ4n) is 3.87. The Hall–Kier alpha value is -2.77. The zero-order chi connectivity index (χ0) is 18.3. The van der Waals surface area contributed by atoms with Crippen molar-refractivity contribution in [3.63, 3.8) is 0 Å². The molecule has 2 aliphatic heterocycles. The number of rotatable bonds is 3. The summed E-state index contributed by atoms with van der Waals surface area (Å²) in [5.74, 6) is 0.354. The predicted molar refractivity (Wildman–Crippen MR) is 88.8 cm³/mol. The van der Waals surface area contributed by atoms with Crippen LogP contribution in [-0.2, 0) is 9.59 Å². The lowest BCUT2D eigenvalue weighted by Crippen LogP contribution is -2.54. The normalized spacial score (nSPS) is 27.0. The number of fused-ring (bicyclic) bond motifs is 1. The molecule has 8 nitrogen and oxygen atoms in total. The van der Waals surface area contributed by atoms with E-state index >= 15 is 0 Å². The number of carbonyl (C=O) groups excluding carboxylic acids is 3. The Morgan fingerprint density at radius 3 is 2.92 bits per heavy atom. The molecule has 0 bridgehead atoms. The SMILES string of the molecule is CC1CCCCC12NC(=O)N(CC(=O)Oc1ccc3c(c1)OCO3)C2=O. The van der Waals surface area contributed by atoms with Crippen molar-refractivity contribution in [3.8, 4) is 17.2 Å². The molecule has 3 amide bonds. The standard InChI is InChI=1S/C18H20N2O6/c1-11-4-2-3-7-18(11)16(22)20(17(23)19-18)9-15(21)26-12-5-6-13-14(8-12)25-10-24-13/h5-6,8,11H,2-4,7,9-10H2,1H3,(H,19,23). The molecule has 1 saturated heterocycles. The predicted octanol–water partition coefficient (Wildman–Crippen LogP) is 1.82. The van der Waals surface area contributed by atoms with Crippen molar-refractivity contribution in [2.45, 2.75) is 38.1 Å². The van der Waals surface area contributed by atoms with Crippen molar-refractivity contribution < 1.29 is 28.6 Å². The summed E-state index contributed by atoms with van der Waals surface area (Å²) >= 11 is 0. The van der Waals surface area contributed by atoms with Gasteiger partial charge in [0.25, 0.3) is 5.91 Å². The molecule has 1 aliphatic carbocycles. The van der Waals surface area contributed by atoms with E-state index in [1.807, 2.05) is 6.92 Å².